The summed E-state index contributed by atoms with van der Waals surface area (Å²) >= 11 is 0. The highest BCUT2D eigenvalue weighted by molar-refractivity contribution is 5.88. The Hall–Kier alpha value is -1.06. The first kappa shape index (κ1) is 14.4. The first-order valence-corrected chi connectivity index (χ1v) is 7.15. The van der Waals surface area contributed by atoms with Gasteiger partial charge in [-0.25, -0.2) is 4.79 Å². The molecule has 1 aliphatic carbocycles. The smallest absolute Gasteiger partial charge is 0.329 e. The number of rotatable bonds is 2. The lowest BCUT2D eigenvalue weighted by Crippen LogP contribution is -2.44. The summed E-state index contributed by atoms with van der Waals surface area (Å²) in [4.78, 5) is 26.3. The number of ether oxygens (including phenoxy) is 1. The van der Waals surface area contributed by atoms with Crippen LogP contribution in [-0.2, 0) is 14.3 Å². The van der Waals surface area contributed by atoms with Gasteiger partial charge in [-0.1, -0.05) is 13.8 Å². The van der Waals surface area contributed by atoms with Gasteiger partial charge in [0.25, 0.3) is 0 Å². The largest absolute Gasteiger partial charge is 0.458 e. The van der Waals surface area contributed by atoms with Gasteiger partial charge in [0.15, 0.2) is 0 Å². The van der Waals surface area contributed by atoms with E-state index in [2.05, 4.69) is 13.8 Å². The summed E-state index contributed by atoms with van der Waals surface area (Å²) in [5, 5.41) is 0. The standard InChI is InChI=1S/C15H25NO3/c1-14(2,3)19-13(18)11-7-6-8-16(11)12(17)10-9-15(10,4)5/h10-11H,6-9H2,1-5H3/t10?,11-/m0/s1. The average molecular weight is 267 g/mol. The number of nitrogens with zero attached hydrogens (tertiary/aromatic N) is 1. The summed E-state index contributed by atoms with van der Waals surface area (Å²) < 4.78 is 5.42. The second-order valence-electron chi connectivity index (χ2n) is 7.47. The van der Waals surface area contributed by atoms with E-state index >= 15 is 0 Å². The van der Waals surface area contributed by atoms with Crippen LogP contribution in [0.25, 0.3) is 0 Å². The van der Waals surface area contributed by atoms with Crippen molar-refractivity contribution < 1.29 is 14.3 Å². The van der Waals surface area contributed by atoms with E-state index in [0.29, 0.717) is 6.54 Å². The van der Waals surface area contributed by atoms with Crippen LogP contribution in [0.2, 0.25) is 0 Å². The molecule has 1 saturated heterocycles. The number of carbonyl (C=O) groups is 2. The maximum atomic E-state index is 12.4. The van der Waals surface area contributed by atoms with Gasteiger partial charge in [-0.3, -0.25) is 4.79 Å². The van der Waals surface area contributed by atoms with E-state index in [1.165, 1.54) is 0 Å². The lowest BCUT2D eigenvalue weighted by Gasteiger charge is -2.27. The fraction of sp³-hybridized carbons (Fsp3) is 0.867. The maximum absolute atomic E-state index is 12.4. The minimum absolute atomic E-state index is 0.0931. The Labute approximate surface area is 115 Å². The van der Waals surface area contributed by atoms with Gasteiger partial charge in [-0.2, -0.15) is 0 Å². The van der Waals surface area contributed by atoms with Gasteiger partial charge >= 0.3 is 5.97 Å². The minimum atomic E-state index is -0.493. The molecule has 0 aromatic carbocycles. The van der Waals surface area contributed by atoms with Crippen LogP contribution in [0.1, 0.15) is 53.9 Å². The second kappa shape index (κ2) is 4.50. The molecule has 0 aromatic rings. The molecule has 1 unspecified atom stereocenters. The quantitative estimate of drug-likeness (QED) is 0.722. The highest BCUT2D eigenvalue weighted by atomic mass is 16.6. The van der Waals surface area contributed by atoms with Crippen LogP contribution >= 0.6 is 0 Å². The highest BCUT2D eigenvalue weighted by Gasteiger charge is 2.54. The summed E-state index contributed by atoms with van der Waals surface area (Å²) in [6.07, 6.45) is 2.56. The molecule has 2 aliphatic rings. The third-order valence-corrected chi connectivity index (χ3v) is 4.03. The van der Waals surface area contributed by atoms with Gasteiger partial charge in [0.1, 0.15) is 11.6 Å². The molecule has 108 valence electrons. The Balaban J connectivity index is 2.01. The number of hydrogen-bond donors (Lipinski definition) is 0. The molecule has 0 bridgehead atoms. The van der Waals surface area contributed by atoms with E-state index in [9.17, 15) is 9.59 Å². The lowest BCUT2D eigenvalue weighted by molar-refractivity contribution is -0.163. The van der Waals surface area contributed by atoms with Gasteiger partial charge in [0.05, 0.1) is 0 Å². The molecular weight excluding hydrogens is 242 g/mol. The van der Waals surface area contributed by atoms with Crippen LogP contribution in [0.3, 0.4) is 0 Å². The van der Waals surface area contributed by atoms with Crippen molar-refractivity contribution in [3.63, 3.8) is 0 Å². The van der Waals surface area contributed by atoms with Crippen LogP contribution in [0, 0.1) is 11.3 Å². The first-order chi connectivity index (χ1) is 8.62. The fourth-order valence-corrected chi connectivity index (χ4v) is 2.73. The molecule has 2 rings (SSSR count). The van der Waals surface area contributed by atoms with E-state index in [1.54, 1.807) is 4.90 Å². The topological polar surface area (TPSA) is 46.6 Å². The molecule has 0 spiro atoms. The van der Waals surface area contributed by atoms with Crippen LogP contribution in [-0.4, -0.2) is 35.0 Å². The van der Waals surface area contributed by atoms with E-state index in [4.69, 9.17) is 4.74 Å². The van der Waals surface area contributed by atoms with Gasteiger partial charge in [0, 0.05) is 12.5 Å². The first-order valence-electron chi connectivity index (χ1n) is 7.15. The van der Waals surface area contributed by atoms with E-state index in [-0.39, 0.29) is 29.3 Å². The molecular formula is C15H25NO3. The summed E-state index contributed by atoms with van der Waals surface area (Å²) in [6.45, 7) is 10.5. The van der Waals surface area contributed by atoms with Gasteiger partial charge in [-0.05, 0) is 45.4 Å². The molecule has 1 saturated carbocycles. The van der Waals surface area contributed by atoms with Crippen LogP contribution in [0.5, 0.6) is 0 Å². The van der Waals surface area contributed by atoms with Crippen LogP contribution in [0.15, 0.2) is 0 Å². The van der Waals surface area contributed by atoms with Gasteiger partial charge in [-0.15, -0.1) is 0 Å². The van der Waals surface area contributed by atoms with Gasteiger partial charge < -0.3 is 9.64 Å². The molecule has 0 radical (unpaired) electrons. The molecule has 2 atom stereocenters. The Morgan fingerprint density at radius 3 is 2.32 bits per heavy atom. The van der Waals surface area contributed by atoms with Crippen molar-refractivity contribution in [2.75, 3.05) is 6.54 Å². The number of likely N-dealkylation sites (tertiary alicyclic amines) is 1. The van der Waals surface area contributed by atoms with Crippen LogP contribution < -0.4 is 0 Å². The zero-order valence-corrected chi connectivity index (χ0v) is 12.7. The predicted molar refractivity (Wildman–Crippen MR) is 72.5 cm³/mol. The number of esters is 1. The third-order valence-electron chi connectivity index (χ3n) is 4.03. The molecule has 4 heteroatoms. The minimum Gasteiger partial charge on any atom is -0.458 e. The number of hydrogen-bond acceptors (Lipinski definition) is 3. The fourth-order valence-electron chi connectivity index (χ4n) is 2.73. The zero-order chi connectivity index (χ0) is 14.4. The number of carbonyl (C=O) groups excluding carboxylic acids is 2. The average Bonchev–Trinajstić information content (AvgIpc) is 2.73. The van der Waals surface area contributed by atoms with E-state index < -0.39 is 5.60 Å². The van der Waals surface area contributed by atoms with Crippen molar-refractivity contribution in [1.29, 1.82) is 0 Å². The normalized spacial score (nSPS) is 29.2. The summed E-state index contributed by atoms with van der Waals surface area (Å²) in [5.41, 5.74) is -0.384. The highest BCUT2D eigenvalue weighted by Crippen LogP contribution is 2.53. The van der Waals surface area contributed by atoms with Crippen molar-refractivity contribution in [2.24, 2.45) is 11.3 Å². The summed E-state index contributed by atoms with van der Waals surface area (Å²) in [7, 11) is 0. The van der Waals surface area contributed by atoms with Crippen molar-refractivity contribution in [1.82, 2.24) is 4.90 Å². The third kappa shape index (κ3) is 3.10. The molecule has 0 aromatic heterocycles. The monoisotopic (exact) mass is 267 g/mol. The van der Waals surface area contributed by atoms with Gasteiger partial charge in [0.2, 0.25) is 5.91 Å². The summed E-state index contributed by atoms with van der Waals surface area (Å²) in [6, 6.07) is -0.372. The van der Waals surface area contributed by atoms with Crippen molar-refractivity contribution in [3.8, 4) is 0 Å². The second-order valence-corrected chi connectivity index (χ2v) is 7.47. The summed E-state index contributed by atoms with van der Waals surface area (Å²) in [5.74, 6) is -0.0225. The number of amides is 1. The van der Waals surface area contributed by atoms with Crippen molar-refractivity contribution >= 4 is 11.9 Å². The SMILES string of the molecule is CC(C)(C)OC(=O)[C@@H]1CCCN1C(=O)C1CC1(C)C. The van der Waals surface area contributed by atoms with E-state index in [0.717, 1.165) is 19.3 Å². The Morgan fingerprint density at radius 2 is 1.84 bits per heavy atom. The zero-order valence-electron chi connectivity index (χ0n) is 12.7. The van der Waals surface area contributed by atoms with Crippen molar-refractivity contribution in [3.05, 3.63) is 0 Å². The lowest BCUT2D eigenvalue weighted by atomic mass is 10.1. The van der Waals surface area contributed by atoms with Crippen molar-refractivity contribution in [2.45, 2.75) is 65.5 Å². The molecule has 0 N–H and O–H groups in total. The molecule has 4 nitrogen and oxygen atoms in total. The Kier molecular flexibility index (Phi) is 3.40. The molecule has 19 heavy (non-hydrogen) atoms. The molecule has 1 heterocycles. The van der Waals surface area contributed by atoms with Crippen LogP contribution in [0.4, 0.5) is 0 Å². The predicted octanol–water partition coefficient (Wildman–Crippen LogP) is 2.37. The Morgan fingerprint density at radius 1 is 1.26 bits per heavy atom. The molecule has 1 aliphatic heterocycles. The Bertz CT molecular complexity index is 395. The molecule has 1 amide bonds. The maximum Gasteiger partial charge on any atom is 0.329 e. The van der Waals surface area contributed by atoms with E-state index in [1.807, 2.05) is 20.8 Å². The molecule has 2 fully saturated rings.